The van der Waals surface area contributed by atoms with Crippen molar-refractivity contribution in [1.29, 1.82) is 0 Å². The molecule has 0 spiro atoms. The number of aryl methyl sites for hydroxylation is 1. The minimum absolute atomic E-state index is 0.00954. The molecular formula is C21H21N3O. The summed E-state index contributed by atoms with van der Waals surface area (Å²) in [6, 6.07) is 14.8. The summed E-state index contributed by atoms with van der Waals surface area (Å²) in [6.07, 6.45) is 2.63. The first-order valence-electron chi connectivity index (χ1n) is 8.71. The minimum atomic E-state index is -0.332. The molecule has 3 heterocycles. The number of likely N-dealkylation sites (tertiary alicyclic amines) is 1. The van der Waals surface area contributed by atoms with Crippen molar-refractivity contribution in [3.05, 3.63) is 65.4 Å². The Morgan fingerprint density at radius 2 is 1.84 bits per heavy atom. The zero-order valence-electron chi connectivity index (χ0n) is 14.7. The van der Waals surface area contributed by atoms with Crippen LogP contribution in [0.1, 0.15) is 23.1 Å². The summed E-state index contributed by atoms with van der Waals surface area (Å²) in [6.45, 7) is 2.15. The highest BCUT2D eigenvalue weighted by molar-refractivity contribution is 5.93. The Labute approximate surface area is 147 Å². The zero-order chi connectivity index (χ0) is 17.3. The summed E-state index contributed by atoms with van der Waals surface area (Å²) >= 11 is 0. The van der Waals surface area contributed by atoms with Crippen molar-refractivity contribution in [2.24, 2.45) is 0 Å². The van der Waals surface area contributed by atoms with Gasteiger partial charge >= 0.3 is 0 Å². The molecule has 126 valence electrons. The monoisotopic (exact) mass is 331 g/mol. The van der Waals surface area contributed by atoms with E-state index in [2.05, 4.69) is 66.5 Å². The van der Waals surface area contributed by atoms with Crippen LogP contribution >= 0.6 is 0 Å². The number of aromatic nitrogens is 1. The van der Waals surface area contributed by atoms with Crippen molar-refractivity contribution in [2.75, 3.05) is 19.0 Å². The van der Waals surface area contributed by atoms with E-state index in [1.54, 1.807) is 0 Å². The molecule has 0 radical (unpaired) electrons. The van der Waals surface area contributed by atoms with Gasteiger partial charge in [-0.25, -0.2) is 0 Å². The second-order valence-electron chi connectivity index (χ2n) is 7.36. The van der Waals surface area contributed by atoms with Gasteiger partial charge in [0.2, 0.25) is 5.91 Å². The maximum atomic E-state index is 12.8. The molecule has 1 aromatic heterocycles. The van der Waals surface area contributed by atoms with Crippen molar-refractivity contribution in [3.63, 3.8) is 0 Å². The fraction of sp³-hybridized carbons (Fsp3) is 0.286. The molecule has 0 unspecified atom stereocenters. The maximum absolute atomic E-state index is 12.8. The van der Waals surface area contributed by atoms with Gasteiger partial charge in [-0.2, -0.15) is 0 Å². The Balaban J connectivity index is 1.89. The molecule has 2 aliphatic rings. The Bertz CT molecular complexity index is 1020. The number of hydrogen-bond donors (Lipinski definition) is 1. The van der Waals surface area contributed by atoms with E-state index in [4.69, 9.17) is 0 Å². The van der Waals surface area contributed by atoms with Gasteiger partial charge in [0.1, 0.15) is 6.17 Å². The topological polar surface area (TPSA) is 39.3 Å². The van der Waals surface area contributed by atoms with Crippen molar-refractivity contribution >= 4 is 22.5 Å². The molecule has 3 aromatic rings. The Morgan fingerprint density at radius 3 is 2.68 bits per heavy atom. The summed E-state index contributed by atoms with van der Waals surface area (Å²) in [5.74, 6) is 0.203. The first-order chi connectivity index (χ1) is 12.1. The number of nitrogens with one attached hydrogen (secondary N) is 1. The molecule has 0 bridgehead atoms. The zero-order valence-corrected chi connectivity index (χ0v) is 14.7. The van der Waals surface area contributed by atoms with Crippen LogP contribution in [0.15, 0.2) is 48.7 Å². The second-order valence-corrected chi connectivity index (χ2v) is 7.36. The van der Waals surface area contributed by atoms with Crippen LogP contribution in [-0.4, -0.2) is 36.1 Å². The van der Waals surface area contributed by atoms with Gasteiger partial charge in [0.05, 0.1) is 5.41 Å². The number of para-hydroxylation sites is 2. The van der Waals surface area contributed by atoms with Gasteiger partial charge in [-0.15, -0.1) is 0 Å². The maximum Gasteiger partial charge on any atom is 0.225 e. The number of carbonyl (C=O) groups is 1. The van der Waals surface area contributed by atoms with Crippen molar-refractivity contribution in [1.82, 2.24) is 9.88 Å². The third kappa shape index (κ3) is 1.60. The van der Waals surface area contributed by atoms with Crippen LogP contribution in [0.2, 0.25) is 0 Å². The lowest BCUT2D eigenvalue weighted by atomic mass is 9.73. The number of carbonyl (C=O) groups excluding carboxylic acids is 1. The van der Waals surface area contributed by atoms with E-state index in [-0.39, 0.29) is 17.5 Å². The fourth-order valence-electron chi connectivity index (χ4n) is 5.18. The number of aromatic amines is 1. The van der Waals surface area contributed by atoms with Crippen LogP contribution in [0.3, 0.4) is 0 Å². The van der Waals surface area contributed by atoms with Crippen LogP contribution < -0.4 is 4.90 Å². The third-order valence-electron chi connectivity index (χ3n) is 6.14. The Hall–Kier alpha value is -2.75. The predicted molar refractivity (Wildman–Crippen MR) is 99.8 cm³/mol. The van der Waals surface area contributed by atoms with Crippen LogP contribution in [0, 0.1) is 6.92 Å². The largest absolute Gasteiger partial charge is 0.361 e. The molecule has 4 nitrogen and oxygen atoms in total. The molecule has 1 saturated heterocycles. The lowest BCUT2D eigenvalue weighted by molar-refractivity contribution is -0.127. The van der Waals surface area contributed by atoms with E-state index in [0.29, 0.717) is 6.42 Å². The number of H-pyrrole nitrogens is 1. The number of amides is 1. The highest BCUT2D eigenvalue weighted by atomic mass is 16.2. The summed E-state index contributed by atoms with van der Waals surface area (Å²) in [5.41, 5.74) is 5.80. The van der Waals surface area contributed by atoms with Gasteiger partial charge in [-0.3, -0.25) is 4.79 Å². The second kappa shape index (κ2) is 4.66. The molecule has 2 atom stereocenters. The normalized spacial score (nSPS) is 24.9. The van der Waals surface area contributed by atoms with E-state index in [0.717, 1.165) is 5.52 Å². The molecule has 0 aliphatic carbocycles. The number of hydrogen-bond acceptors (Lipinski definition) is 2. The average Bonchev–Trinajstić information content (AvgIpc) is 3.21. The number of rotatable bonds is 1. The number of anilines is 1. The molecule has 1 N–H and O–H groups in total. The molecule has 1 fully saturated rings. The number of benzene rings is 2. The first-order valence-corrected chi connectivity index (χ1v) is 8.71. The summed E-state index contributed by atoms with van der Waals surface area (Å²) in [7, 11) is 4.05. The molecule has 5 rings (SSSR count). The van der Waals surface area contributed by atoms with E-state index in [1.807, 2.05) is 18.0 Å². The molecule has 4 heteroatoms. The number of likely N-dealkylation sites (N-methyl/N-ethyl adjacent to an activating group) is 2. The Kier molecular flexibility index (Phi) is 2.72. The molecule has 2 aliphatic heterocycles. The summed E-state index contributed by atoms with van der Waals surface area (Å²) in [5, 5.41) is 1.21. The lowest BCUT2D eigenvalue weighted by Gasteiger charge is -2.34. The standard InChI is InChI=1S/C21H21N3O/c1-13-7-6-9-15-19(13)24(3)20-21(15,11-18(25)23(20)2)16-12-22-17-10-5-4-8-14(16)17/h4-10,12,20,22H,11H2,1-3H3/t20-,21+/m1/s1. The van der Waals surface area contributed by atoms with Crippen molar-refractivity contribution in [3.8, 4) is 0 Å². The van der Waals surface area contributed by atoms with Gasteiger partial charge in [-0.1, -0.05) is 36.4 Å². The van der Waals surface area contributed by atoms with Gasteiger partial charge < -0.3 is 14.8 Å². The van der Waals surface area contributed by atoms with Crippen LogP contribution in [0.5, 0.6) is 0 Å². The lowest BCUT2D eigenvalue weighted by Crippen LogP contribution is -2.47. The molecule has 0 saturated carbocycles. The van der Waals surface area contributed by atoms with E-state index < -0.39 is 0 Å². The van der Waals surface area contributed by atoms with Gasteiger partial charge in [-0.05, 0) is 29.7 Å². The van der Waals surface area contributed by atoms with E-state index in [9.17, 15) is 4.79 Å². The van der Waals surface area contributed by atoms with Crippen LogP contribution in [0.4, 0.5) is 5.69 Å². The van der Waals surface area contributed by atoms with Crippen LogP contribution in [-0.2, 0) is 10.2 Å². The SMILES string of the molecule is Cc1cccc2c1N(C)[C@H]1N(C)C(=O)C[C@@]21c1c[nH]c2ccccc12. The van der Waals surface area contributed by atoms with Gasteiger partial charge in [0.25, 0.3) is 0 Å². The molecule has 25 heavy (non-hydrogen) atoms. The first kappa shape index (κ1) is 14.6. The number of nitrogens with zero attached hydrogens (tertiary/aromatic N) is 2. The van der Waals surface area contributed by atoms with E-state index >= 15 is 0 Å². The van der Waals surface area contributed by atoms with Gasteiger partial charge in [0.15, 0.2) is 0 Å². The van der Waals surface area contributed by atoms with Gasteiger partial charge in [0, 0.05) is 43.3 Å². The minimum Gasteiger partial charge on any atom is -0.361 e. The quantitative estimate of drug-likeness (QED) is 0.742. The predicted octanol–water partition coefficient (Wildman–Crippen LogP) is 3.40. The highest BCUT2D eigenvalue weighted by Gasteiger charge is 2.60. The summed E-state index contributed by atoms with van der Waals surface area (Å²) in [4.78, 5) is 20.4. The highest BCUT2D eigenvalue weighted by Crippen LogP contribution is 2.57. The van der Waals surface area contributed by atoms with E-state index in [1.165, 1.54) is 27.8 Å². The molecule has 1 amide bonds. The molecule has 2 aromatic carbocycles. The van der Waals surface area contributed by atoms with Crippen molar-refractivity contribution < 1.29 is 4.79 Å². The fourth-order valence-corrected chi connectivity index (χ4v) is 5.18. The van der Waals surface area contributed by atoms with Crippen molar-refractivity contribution in [2.45, 2.75) is 24.9 Å². The van der Waals surface area contributed by atoms with Crippen LogP contribution in [0.25, 0.3) is 10.9 Å². The smallest absolute Gasteiger partial charge is 0.225 e. The third-order valence-corrected chi connectivity index (χ3v) is 6.14. The summed E-state index contributed by atoms with van der Waals surface area (Å²) < 4.78 is 0. The number of fused-ring (bicyclic) bond motifs is 4. The Morgan fingerprint density at radius 1 is 1.04 bits per heavy atom. The average molecular weight is 331 g/mol. The molecular weight excluding hydrogens is 310 g/mol.